The van der Waals surface area contributed by atoms with Gasteiger partial charge in [-0.2, -0.15) is 0 Å². The largest absolute Gasteiger partial charge is 0.329 e. The number of carbonyl (C=O) groups is 3. The van der Waals surface area contributed by atoms with Gasteiger partial charge in [0.05, 0.1) is 6.54 Å². The second-order valence-corrected chi connectivity index (χ2v) is 4.50. The molecule has 0 aromatic heterocycles. The zero-order valence-corrected chi connectivity index (χ0v) is 9.44. The maximum atomic E-state index is 12.0. The van der Waals surface area contributed by atoms with Gasteiger partial charge >= 0.3 is 0 Å². The second-order valence-electron chi connectivity index (χ2n) is 4.50. The molecule has 0 spiro atoms. The molecule has 0 saturated carbocycles. The fraction of sp³-hybridized carbons (Fsp3) is 0.727. The average Bonchev–Trinajstić information content (AvgIpc) is 2.25. The van der Waals surface area contributed by atoms with E-state index in [0.29, 0.717) is 6.54 Å². The Morgan fingerprint density at radius 3 is 2.81 bits per heavy atom. The van der Waals surface area contributed by atoms with E-state index in [-0.39, 0.29) is 36.7 Å². The SMILES string of the molecule is CC(=O)CN1CC(=O)N2CCCCC2C1=O. The predicted octanol–water partition coefficient (Wildman–Crippen LogP) is -0.201. The van der Waals surface area contributed by atoms with Gasteiger partial charge in [-0.15, -0.1) is 0 Å². The van der Waals surface area contributed by atoms with Crippen molar-refractivity contribution in [3.63, 3.8) is 0 Å². The second kappa shape index (κ2) is 4.23. The van der Waals surface area contributed by atoms with Crippen LogP contribution >= 0.6 is 0 Å². The average molecular weight is 224 g/mol. The molecule has 88 valence electrons. The van der Waals surface area contributed by atoms with Crippen molar-refractivity contribution in [3.8, 4) is 0 Å². The molecule has 2 saturated heterocycles. The van der Waals surface area contributed by atoms with Crippen LogP contribution in [0.25, 0.3) is 0 Å². The molecule has 2 aliphatic heterocycles. The summed E-state index contributed by atoms with van der Waals surface area (Å²) in [7, 11) is 0. The first-order chi connectivity index (χ1) is 7.59. The Morgan fingerprint density at radius 1 is 1.38 bits per heavy atom. The normalized spacial score (nSPS) is 25.7. The van der Waals surface area contributed by atoms with Crippen LogP contribution in [0.2, 0.25) is 0 Å². The lowest BCUT2D eigenvalue weighted by Crippen LogP contribution is -2.61. The van der Waals surface area contributed by atoms with Gasteiger partial charge in [-0.1, -0.05) is 0 Å². The van der Waals surface area contributed by atoms with Gasteiger partial charge in [0.1, 0.15) is 18.4 Å². The van der Waals surface area contributed by atoms with Crippen LogP contribution in [0.4, 0.5) is 0 Å². The van der Waals surface area contributed by atoms with Gasteiger partial charge in [0.15, 0.2) is 0 Å². The number of hydrogen-bond acceptors (Lipinski definition) is 3. The minimum absolute atomic E-state index is 0.0226. The third-order valence-electron chi connectivity index (χ3n) is 3.16. The van der Waals surface area contributed by atoms with E-state index in [0.717, 1.165) is 19.3 Å². The van der Waals surface area contributed by atoms with Gasteiger partial charge in [0, 0.05) is 6.54 Å². The number of ketones is 1. The molecule has 0 bridgehead atoms. The number of piperazine rings is 1. The van der Waals surface area contributed by atoms with Crippen LogP contribution in [0.5, 0.6) is 0 Å². The number of hydrogen-bond donors (Lipinski definition) is 0. The number of carbonyl (C=O) groups excluding carboxylic acids is 3. The van der Waals surface area contributed by atoms with Gasteiger partial charge in [0.2, 0.25) is 11.8 Å². The molecule has 16 heavy (non-hydrogen) atoms. The molecule has 0 aromatic rings. The Labute approximate surface area is 94.4 Å². The van der Waals surface area contributed by atoms with Crippen LogP contribution in [0, 0.1) is 0 Å². The molecule has 2 heterocycles. The summed E-state index contributed by atoms with van der Waals surface area (Å²) in [6, 6.07) is -0.311. The van der Waals surface area contributed by atoms with Crippen LogP contribution in [0.1, 0.15) is 26.2 Å². The van der Waals surface area contributed by atoms with E-state index in [1.807, 2.05) is 0 Å². The predicted molar refractivity (Wildman–Crippen MR) is 56.6 cm³/mol. The lowest BCUT2D eigenvalue weighted by Gasteiger charge is -2.42. The Hall–Kier alpha value is -1.39. The van der Waals surface area contributed by atoms with E-state index in [4.69, 9.17) is 0 Å². The van der Waals surface area contributed by atoms with Gasteiger partial charge in [-0.05, 0) is 26.2 Å². The van der Waals surface area contributed by atoms with Crippen LogP contribution in [-0.2, 0) is 14.4 Å². The quantitative estimate of drug-likeness (QED) is 0.652. The van der Waals surface area contributed by atoms with Crippen LogP contribution in [-0.4, -0.2) is 53.1 Å². The van der Waals surface area contributed by atoms with Crippen molar-refractivity contribution >= 4 is 17.6 Å². The summed E-state index contributed by atoms with van der Waals surface area (Å²) in [5.41, 5.74) is 0. The van der Waals surface area contributed by atoms with Crippen molar-refractivity contribution in [2.24, 2.45) is 0 Å². The molecule has 0 N–H and O–H groups in total. The van der Waals surface area contributed by atoms with Crippen molar-refractivity contribution in [3.05, 3.63) is 0 Å². The monoisotopic (exact) mass is 224 g/mol. The molecule has 2 amide bonds. The van der Waals surface area contributed by atoms with E-state index in [1.165, 1.54) is 11.8 Å². The lowest BCUT2D eigenvalue weighted by atomic mass is 9.98. The Balaban J connectivity index is 2.13. The number of amides is 2. The molecule has 1 unspecified atom stereocenters. The number of piperidine rings is 1. The standard InChI is InChI=1S/C11H16N2O3/c1-8(14)6-12-7-10(15)13-5-3-2-4-9(13)11(12)16/h9H,2-7H2,1H3. The molecule has 0 radical (unpaired) electrons. The Bertz CT molecular complexity index is 340. The Morgan fingerprint density at radius 2 is 2.12 bits per heavy atom. The molecular weight excluding hydrogens is 208 g/mol. The first-order valence-electron chi connectivity index (χ1n) is 5.67. The summed E-state index contributed by atoms with van der Waals surface area (Å²) in [6.45, 7) is 2.25. The molecule has 5 heteroatoms. The molecule has 0 aliphatic carbocycles. The van der Waals surface area contributed by atoms with Crippen molar-refractivity contribution in [2.45, 2.75) is 32.2 Å². The number of fused-ring (bicyclic) bond motifs is 1. The number of rotatable bonds is 2. The first kappa shape index (κ1) is 11.1. The third-order valence-corrected chi connectivity index (χ3v) is 3.16. The molecule has 2 aliphatic rings. The number of Topliss-reactive ketones (excluding diaryl/α,β-unsaturated/α-hetero) is 1. The summed E-state index contributed by atoms with van der Waals surface area (Å²) < 4.78 is 0. The van der Waals surface area contributed by atoms with Crippen molar-refractivity contribution in [1.29, 1.82) is 0 Å². The Kier molecular flexibility index (Phi) is 2.94. The minimum Gasteiger partial charge on any atom is -0.329 e. The van der Waals surface area contributed by atoms with Gasteiger partial charge in [-0.3, -0.25) is 14.4 Å². The van der Waals surface area contributed by atoms with E-state index in [9.17, 15) is 14.4 Å². The van der Waals surface area contributed by atoms with Crippen molar-refractivity contribution < 1.29 is 14.4 Å². The smallest absolute Gasteiger partial charge is 0.246 e. The van der Waals surface area contributed by atoms with E-state index < -0.39 is 0 Å². The molecule has 5 nitrogen and oxygen atoms in total. The van der Waals surface area contributed by atoms with Crippen molar-refractivity contribution in [2.75, 3.05) is 19.6 Å². The molecular formula is C11H16N2O3. The van der Waals surface area contributed by atoms with Gasteiger partial charge in [0.25, 0.3) is 0 Å². The highest BCUT2D eigenvalue weighted by Crippen LogP contribution is 2.22. The third kappa shape index (κ3) is 1.94. The lowest BCUT2D eigenvalue weighted by molar-refractivity contribution is -0.158. The van der Waals surface area contributed by atoms with E-state index >= 15 is 0 Å². The van der Waals surface area contributed by atoms with E-state index in [1.54, 1.807) is 4.90 Å². The van der Waals surface area contributed by atoms with Crippen LogP contribution in [0.15, 0.2) is 0 Å². The van der Waals surface area contributed by atoms with Crippen molar-refractivity contribution in [1.82, 2.24) is 9.80 Å². The van der Waals surface area contributed by atoms with Gasteiger partial charge < -0.3 is 9.80 Å². The maximum absolute atomic E-state index is 12.0. The summed E-state index contributed by atoms with van der Waals surface area (Å²) in [4.78, 5) is 37.9. The highest BCUT2D eigenvalue weighted by atomic mass is 16.2. The molecule has 2 rings (SSSR count). The summed E-state index contributed by atoms with van der Waals surface area (Å²) in [5.74, 6) is -0.162. The molecule has 1 atom stereocenters. The summed E-state index contributed by atoms with van der Waals surface area (Å²) in [6.07, 6.45) is 2.69. The van der Waals surface area contributed by atoms with Crippen LogP contribution < -0.4 is 0 Å². The maximum Gasteiger partial charge on any atom is 0.246 e. The molecule has 2 fully saturated rings. The topological polar surface area (TPSA) is 57.7 Å². The van der Waals surface area contributed by atoms with Crippen LogP contribution in [0.3, 0.4) is 0 Å². The zero-order chi connectivity index (χ0) is 11.7. The summed E-state index contributed by atoms with van der Waals surface area (Å²) in [5, 5.41) is 0. The minimum atomic E-state index is -0.311. The van der Waals surface area contributed by atoms with Gasteiger partial charge in [-0.25, -0.2) is 0 Å². The molecule has 0 aromatic carbocycles. The van der Waals surface area contributed by atoms with E-state index in [2.05, 4.69) is 0 Å². The zero-order valence-electron chi connectivity index (χ0n) is 9.44. The summed E-state index contributed by atoms with van der Waals surface area (Å²) >= 11 is 0. The fourth-order valence-electron chi connectivity index (χ4n) is 2.43. The first-order valence-corrected chi connectivity index (χ1v) is 5.67. The fourth-order valence-corrected chi connectivity index (χ4v) is 2.43. The highest BCUT2D eigenvalue weighted by Gasteiger charge is 2.40. The number of nitrogens with zero attached hydrogens (tertiary/aromatic N) is 2. The highest BCUT2D eigenvalue weighted by molar-refractivity contribution is 5.97.